The number of hydrogen-bond acceptors (Lipinski definition) is 3. The van der Waals surface area contributed by atoms with Gasteiger partial charge in [0, 0.05) is 19.3 Å². The van der Waals surface area contributed by atoms with E-state index < -0.39 is 0 Å². The highest BCUT2D eigenvalue weighted by Crippen LogP contribution is 2.28. The van der Waals surface area contributed by atoms with Crippen molar-refractivity contribution in [3.05, 3.63) is 52.9 Å². The van der Waals surface area contributed by atoms with E-state index in [2.05, 4.69) is 61.1 Å². The molecule has 0 saturated carbocycles. The van der Waals surface area contributed by atoms with Crippen LogP contribution in [0.3, 0.4) is 0 Å². The number of halogens is 1. The van der Waals surface area contributed by atoms with Crippen LogP contribution in [0.2, 0.25) is 0 Å². The highest BCUT2D eigenvalue weighted by atomic mass is 79.9. The predicted molar refractivity (Wildman–Crippen MR) is 84.8 cm³/mol. The fourth-order valence-electron chi connectivity index (χ4n) is 2.84. The van der Waals surface area contributed by atoms with Crippen molar-refractivity contribution in [3.8, 4) is 0 Å². The van der Waals surface area contributed by atoms with Gasteiger partial charge in [-0.2, -0.15) is 0 Å². The van der Waals surface area contributed by atoms with Gasteiger partial charge < -0.3 is 4.90 Å². The lowest BCUT2D eigenvalue weighted by molar-refractivity contribution is 0.402. The molecule has 0 amide bonds. The molecule has 3 rings (SSSR count). The highest BCUT2D eigenvalue weighted by molar-refractivity contribution is 9.10. The Labute approximate surface area is 128 Å². The van der Waals surface area contributed by atoms with Gasteiger partial charge in [-0.25, -0.2) is 9.97 Å². The summed E-state index contributed by atoms with van der Waals surface area (Å²) in [6.07, 6.45) is 7.09. The second-order valence-electron chi connectivity index (χ2n) is 5.31. The van der Waals surface area contributed by atoms with Crippen LogP contribution < -0.4 is 4.90 Å². The van der Waals surface area contributed by atoms with Crippen molar-refractivity contribution in [1.82, 2.24) is 9.97 Å². The Kier molecular flexibility index (Phi) is 4.31. The third kappa shape index (κ3) is 3.18. The van der Waals surface area contributed by atoms with E-state index in [-0.39, 0.29) is 0 Å². The molecule has 20 heavy (non-hydrogen) atoms. The summed E-state index contributed by atoms with van der Waals surface area (Å²) in [5.41, 5.74) is 1.45. The molecule has 2 aromatic rings. The summed E-state index contributed by atoms with van der Waals surface area (Å²) in [5, 5.41) is 0. The lowest BCUT2D eigenvalue weighted by Gasteiger charge is -2.33. The minimum Gasteiger partial charge on any atom is -0.356 e. The van der Waals surface area contributed by atoms with Gasteiger partial charge in [-0.05, 0) is 46.7 Å². The summed E-state index contributed by atoms with van der Waals surface area (Å²) in [6.45, 7) is 2.15. The molecular weight excluding hydrogens is 314 g/mol. The summed E-state index contributed by atoms with van der Waals surface area (Å²) >= 11 is 3.53. The minimum atomic E-state index is 0.786. The maximum Gasteiger partial charge on any atom is 0.146 e. The summed E-state index contributed by atoms with van der Waals surface area (Å²) < 4.78 is 0.988. The Balaban J connectivity index is 1.59. The number of piperidine rings is 1. The third-order valence-corrected chi connectivity index (χ3v) is 4.49. The van der Waals surface area contributed by atoms with E-state index in [1.54, 1.807) is 6.33 Å². The third-order valence-electron chi connectivity index (χ3n) is 3.93. The van der Waals surface area contributed by atoms with Crippen LogP contribution in [-0.2, 0) is 6.42 Å². The van der Waals surface area contributed by atoms with Crippen molar-refractivity contribution in [2.75, 3.05) is 18.0 Å². The standard InChI is InChI=1S/C16H18BrN3/c17-15-11-18-12-19-16(15)20-8-6-14(7-9-20)10-13-4-2-1-3-5-13/h1-5,11-12,14H,6-10H2. The van der Waals surface area contributed by atoms with Crippen molar-refractivity contribution in [1.29, 1.82) is 0 Å². The molecule has 0 unspecified atom stereocenters. The van der Waals surface area contributed by atoms with Gasteiger partial charge in [-0.1, -0.05) is 30.3 Å². The summed E-state index contributed by atoms with van der Waals surface area (Å²) in [6, 6.07) is 10.8. The Bertz CT molecular complexity index is 551. The molecule has 1 aliphatic rings. The second-order valence-corrected chi connectivity index (χ2v) is 6.17. The molecule has 1 aliphatic heterocycles. The van der Waals surface area contributed by atoms with E-state index in [0.29, 0.717) is 0 Å². The zero-order valence-electron chi connectivity index (χ0n) is 11.4. The zero-order valence-corrected chi connectivity index (χ0v) is 13.0. The largest absolute Gasteiger partial charge is 0.356 e. The van der Waals surface area contributed by atoms with Gasteiger partial charge in [0.05, 0.1) is 4.47 Å². The Hall–Kier alpha value is -1.42. The van der Waals surface area contributed by atoms with Crippen LogP contribution in [0.4, 0.5) is 5.82 Å². The molecule has 4 heteroatoms. The van der Waals surface area contributed by atoms with E-state index in [1.807, 2.05) is 6.20 Å². The van der Waals surface area contributed by atoms with Crippen LogP contribution in [0.1, 0.15) is 18.4 Å². The smallest absolute Gasteiger partial charge is 0.146 e. The van der Waals surface area contributed by atoms with Crippen LogP contribution in [0, 0.1) is 5.92 Å². The van der Waals surface area contributed by atoms with Crippen LogP contribution in [0.15, 0.2) is 47.3 Å². The van der Waals surface area contributed by atoms with E-state index >= 15 is 0 Å². The first-order valence-electron chi connectivity index (χ1n) is 7.07. The molecule has 1 fully saturated rings. The normalized spacial score (nSPS) is 16.4. The fourth-order valence-corrected chi connectivity index (χ4v) is 3.31. The molecule has 1 aromatic heterocycles. The molecule has 1 aromatic carbocycles. The van der Waals surface area contributed by atoms with Crippen molar-refractivity contribution < 1.29 is 0 Å². The van der Waals surface area contributed by atoms with Crippen LogP contribution in [-0.4, -0.2) is 23.1 Å². The number of nitrogens with zero attached hydrogens (tertiary/aromatic N) is 3. The van der Waals surface area contributed by atoms with Gasteiger partial charge in [0.15, 0.2) is 0 Å². The predicted octanol–water partition coefficient (Wildman–Crippen LogP) is 3.70. The van der Waals surface area contributed by atoms with E-state index in [1.165, 1.54) is 24.8 Å². The van der Waals surface area contributed by atoms with Gasteiger partial charge in [-0.15, -0.1) is 0 Å². The van der Waals surface area contributed by atoms with Crippen molar-refractivity contribution in [2.24, 2.45) is 5.92 Å². The topological polar surface area (TPSA) is 29.0 Å². The van der Waals surface area contributed by atoms with Gasteiger partial charge in [0.25, 0.3) is 0 Å². The SMILES string of the molecule is Brc1cncnc1N1CCC(Cc2ccccc2)CC1. The molecule has 0 N–H and O–H groups in total. The number of aromatic nitrogens is 2. The average molecular weight is 332 g/mol. The maximum atomic E-state index is 4.38. The summed E-state index contributed by atoms with van der Waals surface area (Å²) in [7, 11) is 0. The van der Waals surface area contributed by atoms with E-state index in [9.17, 15) is 0 Å². The first-order chi connectivity index (χ1) is 9.83. The highest BCUT2D eigenvalue weighted by Gasteiger charge is 2.21. The average Bonchev–Trinajstić information content (AvgIpc) is 2.50. The lowest BCUT2D eigenvalue weighted by atomic mass is 9.90. The van der Waals surface area contributed by atoms with Gasteiger partial charge in [0.1, 0.15) is 12.1 Å². The quantitative estimate of drug-likeness (QED) is 0.858. The molecule has 0 aliphatic carbocycles. The van der Waals surface area contributed by atoms with E-state index in [0.717, 1.165) is 29.3 Å². The number of hydrogen-bond donors (Lipinski definition) is 0. The fraction of sp³-hybridized carbons (Fsp3) is 0.375. The lowest BCUT2D eigenvalue weighted by Crippen LogP contribution is -2.35. The van der Waals surface area contributed by atoms with Crippen LogP contribution >= 0.6 is 15.9 Å². The zero-order chi connectivity index (χ0) is 13.8. The maximum absolute atomic E-state index is 4.38. The Morgan fingerprint density at radius 2 is 1.90 bits per heavy atom. The summed E-state index contributed by atoms with van der Waals surface area (Å²) in [4.78, 5) is 10.8. The molecular formula is C16H18BrN3. The van der Waals surface area contributed by atoms with Gasteiger partial charge in [0.2, 0.25) is 0 Å². The van der Waals surface area contributed by atoms with Crippen LogP contribution in [0.25, 0.3) is 0 Å². The Morgan fingerprint density at radius 3 is 2.60 bits per heavy atom. The second kappa shape index (κ2) is 6.35. The molecule has 3 nitrogen and oxygen atoms in total. The van der Waals surface area contributed by atoms with E-state index in [4.69, 9.17) is 0 Å². The molecule has 1 saturated heterocycles. The summed E-state index contributed by atoms with van der Waals surface area (Å²) in [5.74, 6) is 1.81. The van der Waals surface area contributed by atoms with Gasteiger partial charge in [-0.3, -0.25) is 0 Å². The molecule has 104 valence electrons. The number of benzene rings is 1. The van der Waals surface area contributed by atoms with Crippen LogP contribution in [0.5, 0.6) is 0 Å². The molecule has 0 bridgehead atoms. The van der Waals surface area contributed by atoms with Gasteiger partial charge >= 0.3 is 0 Å². The minimum absolute atomic E-state index is 0.786. The number of anilines is 1. The monoisotopic (exact) mass is 331 g/mol. The molecule has 0 spiro atoms. The number of rotatable bonds is 3. The molecule has 2 heterocycles. The molecule has 0 radical (unpaired) electrons. The van der Waals surface area contributed by atoms with Crippen molar-refractivity contribution >= 4 is 21.7 Å². The Morgan fingerprint density at radius 1 is 1.15 bits per heavy atom. The molecule has 0 atom stereocenters. The van der Waals surface area contributed by atoms with Crippen molar-refractivity contribution in [2.45, 2.75) is 19.3 Å². The first kappa shape index (κ1) is 13.6. The first-order valence-corrected chi connectivity index (χ1v) is 7.86. The van der Waals surface area contributed by atoms with Crippen molar-refractivity contribution in [3.63, 3.8) is 0 Å².